The monoisotopic (exact) mass is 337 g/mol. The number of thioether (sulfide) groups is 1. The van der Waals surface area contributed by atoms with Crippen LogP contribution < -0.4 is 16.4 Å². The highest BCUT2D eigenvalue weighted by Crippen LogP contribution is 2.01. The summed E-state index contributed by atoms with van der Waals surface area (Å²) in [7, 11) is 0. The number of hydrogen-bond acceptors (Lipinski definition) is 7. The average molecular weight is 337 g/mol. The lowest BCUT2D eigenvalue weighted by Crippen LogP contribution is -2.58. The van der Waals surface area contributed by atoms with Gasteiger partial charge in [0.25, 0.3) is 0 Å². The normalized spacial score (nSPS) is 16.2. The minimum Gasteiger partial charge on any atom is -0.480 e. The number of carbonyl (C=O) groups excluding carboxylic acids is 2. The number of aliphatic hydroxyl groups excluding tert-OH is 2. The van der Waals surface area contributed by atoms with Crippen molar-refractivity contribution in [1.82, 2.24) is 10.6 Å². The number of carbonyl (C=O) groups is 3. The molecule has 0 aromatic heterocycles. The zero-order chi connectivity index (χ0) is 17.3. The molecule has 0 aliphatic rings. The van der Waals surface area contributed by atoms with Crippen LogP contribution >= 0.6 is 11.8 Å². The summed E-state index contributed by atoms with van der Waals surface area (Å²) in [5.74, 6) is -2.30. The van der Waals surface area contributed by atoms with E-state index < -0.39 is 48.6 Å². The number of carboxylic acid groups (broad SMARTS) is 1. The Hall–Kier alpha value is -1.36. The largest absolute Gasteiger partial charge is 0.480 e. The quantitative estimate of drug-likeness (QED) is 0.255. The van der Waals surface area contributed by atoms with Crippen molar-refractivity contribution in [2.24, 2.45) is 5.73 Å². The molecule has 2 amide bonds. The molecule has 0 rings (SSSR count). The van der Waals surface area contributed by atoms with Gasteiger partial charge in [-0.2, -0.15) is 11.8 Å². The zero-order valence-corrected chi connectivity index (χ0v) is 13.3. The number of aliphatic hydroxyl groups is 2. The first kappa shape index (κ1) is 20.6. The van der Waals surface area contributed by atoms with Crippen molar-refractivity contribution in [2.45, 2.75) is 37.6 Å². The fraction of sp³-hybridized carbons (Fsp3) is 0.750. The van der Waals surface area contributed by atoms with Crippen LogP contribution in [0.4, 0.5) is 0 Å². The van der Waals surface area contributed by atoms with Gasteiger partial charge in [0.1, 0.15) is 12.1 Å². The summed E-state index contributed by atoms with van der Waals surface area (Å²) in [5.41, 5.74) is 5.65. The molecule has 0 saturated heterocycles. The highest BCUT2D eigenvalue weighted by molar-refractivity contribution is 7.98. The number of rotatable bonds is 10. The van der Waals surface area contributed by atoms with Crippen molar-refractivity contribution in [3.05, 3.63) is 0 Å². The molecule has 0 radical (unpaired) electrons. The van der Waals surface area contributed by atoms with E-state index in [0.717, 1.165) is 0 Å². The van der Waals surface area contributed by atoms with Crippen LogP contribution in [0.5, 0.6) is 0 Å². The van der Waals surface area contributed by atoms with E-state index >= 15 is 0 Å². The highest BCUT2D eigenvalue weighted by Gasteiger charge is 2.30. The first-order valence-corrected chi connectivity index (χ1v) is 8.01. The third kappa shape index (κ3) is 7.07. The van der Waals surface area contributed by atoms with Gasteiger partial charge in [-0.05, 0) is 25.4 Å². The summed E-state index contributed by atoms with van der Waals surface area (Å²) in [6, 6.07) is -3.72. The second kappa shape index (κ2) is 10.4. The summed E-state index contributed by atoms with van der Waals surface area (Å²) in [6.45, 7) is 0.460. The molecule has 0 bridgehead atoms. The fourth-order valence-corrected chi connectivity index (χ4v) is 1.98. The van der Waals surface area contributed by atoms with Crippen molar-refractivity contribution in [1.29, 1.82) is 0 Å². The summed E-state index contributed by atoms with van der Waals surface area (Å²) in [5, 5.41) is 31.5. The van der Waals surface area contributed by atoms with Crippen LogP contribution in [0, 0.1) is 0 Å². The molecule has 4 unspecified atom stereocenters. The van der Waals surface area contributed by atoms with Crippen molar-refractivity contribution in [2.75, 3.05) is 18.6 Å². The molecule has 7 N–H and O–H groups in total. The summed E-state index contributed by atoms with van der Waals surface area (Å²) >= 11 is 1.51. The molecule has 0 aliphatic carbocycles. The number of aliphatic carboxylic acids is 1. The zero-order valence-electron chi connectivity index (χ0n) is 12.5. The Labute approximate surface area is 132 Å². The Morgan fingerprint density at radius 3 is 2.23 bits per heavy atom. The Morgan fingerprint density at radius 2 is 1.82 bits per heavy atom. The molecule has 0 spiro atoms. The third-order valence-corrected chi connectivity index (χ3v) is 3.47. The summed E-state index contributed by atoms with van der Waals surface area (Å²) < 4.78 is 0. The maximum Gasteiger partial charge on any atom is 0.328 e. The molecule has 0 heterocycles. The minimum atomic E-state index is -1.52. The maximum absolute atomic E-state index is 11.9. The second-order valence-electron chi connectivity index (χ2n) is 4.70. The SMILES string of the molecule is CSCCC(N)C(=O)NC(C(=O)NC(CO)C(=O)O)C(C)O. The van der Waals surface area contributed by atoms with Crippen LogP contribution in [0.1, 0.15) is 13.3 Å². The molecule has 0 aromatic carbocycles. The molecular formula is C12H23N3O6S. The summed E-state index contributed by atoms with van der Waals surface area (Å²) in [6.07, 6.45) is 0.998. The van der Waals surface area contributed by atoms with Crippen molar-refractivity contribution in [3.63, 3.8) is 0 Å². The van der Waals surface area contributed by atoms with E-state index in [1.165, 1.54) is 18.7 Å². The molecule has 0 saturated carbocycles. The predicted octanol–water partition coefficient (Wildman–Crippen LogP) is -2.51. The Morgan fingerprint density at radius 1 is 1.23 bits per heavy atom. The van der Waals surface area contributed by atoms with Gasteiger partial charge >= 0.3 is 5.97 Å². The first-order valence-electron chi connectivity index (χ1n) is 6.61. The van der Waals surface area contributed by atoms with E-state index in [0.29, 0.717) is 12.2 Å². The molecule has 10 heteroatoms. The van der Waals surface area contributed by atoms with Crippen LogP contribution in [0.3, 0.4) is 0 Å². The molecular weight excluding hydrogens is 314 g/mol. The van der Waals surface area contributed by atoms with E-state index in [2.05, 4.69) is 5.32 Å². The van der Waals surface area contributed by atoms with Crippen LogP contribution in [0.25, 0.3) is 0 Å². The van der Waals surface area contributed by atoms with Gasteiger partial charge in [0.05, 0.1) is 18.8 Å². The Kier molecular flexibility index (Phi) is 9.74. The van der Waals surface area contributed by atoms with Gasteiger partial charge in [0.2, 0.25) is 11.8 Å². The molecule has 128 valence electrons. The highest BCUT2D eigenvalue weighted by atomic mass is 32.2. The van der Waals surface area contributed by atoms with Crippen LogP contribution in [0.15, 0.2) is 0 Å². The first-order chi connectivity index (χ1) is 10.2. The Balaban J connectivity index is 4.75. The van der Waals surface area contributed by atoms with Gasteiger partial charge in [-0.15, -0.1) is 0 Å². The maximum atomic E-state index is 11.9. The van der Waals surface area contributed by atoms with Crippen LogP contribution in [-0.2, 0) is 14.4 Å². The number of hydrogen-bond donors (Lipinski definition) is 6. The lowest BCUT2D eigenvalue weighted by Gasteiger charge is -2.24. The molecule has 22 heavy (non-hydrogen) atoms. The molecule has 0 fully saturated rings. The second-order valence-corrected chi connectivity index (χ2v) is 5.68. The van der Waals surface area contributed by atoms with Gasteiger partial charge in [-0.3, -0.25) is 9.59 Å². The summed E-state index contributed by atoms with van der Waals surface area (Å²) in [4.78, 5) is 34.5. The van der Waals surface area contributed by atoms with E-state index in [4.69, 9.17) is 15.9 Å². The Bertz CT molecular complexity index is 393. The average Bonchev–Trinajstić information content (AvgIpc) is 2.46. The van der Waals surface area contributed by atoms with Crippen LogP contribution in [-0.4, -0.2) is 75.9 Å². The molecule has 4 atom stereocenters. The van der Waals surface area contributed by atoms with Gasteiger partial charge in [-0.25, -0.2) is 4.79 Å². The van der Waals surface area contributed by atoms with E-state index in [1.54, 1.807) is 0 Å². The van der Waals surface area contributed by atoms with Gasteiger partial charge in [-0.1, -0.05) is 0 Å². The lowest BCUT2D eigenvalue weighted by molar-refractivity contribution is -0.144. The van der Waals surface area contributed by atoms with Gasteiger partial charge in [0, 0.05) is 0 Å². The van der Waals surface area contributed by atoms with E-state index in [-0.39, 0.29) is 0 Å². The number of nitrogens with one attached hydrogen (secondary N) is 2. The van der Waals surface area contributed by atoms with Crippen LogP contribution in [0.2, 0.25) is 0 Å². The molecule has 9 nitrogen and oxygen atoms in total. The number of amides is 2. The third-order valence-electron chi connectivity index (χ3n) is 2.83. The van der Waals surface area contributed by atoms with E-state index in [9.17, 15) is 19.5 Å². The molecule has 0 aromatic rings. The van der Waals surface area contributed by atoms with E-state index in [1.807, 2.05) is 11.6 Å². The predicted molar refractivity (Wildman–Crippen MR) is 81.2 cm³/mol. The van der Waals surface area contributed by atoms with Crippen molar-refractivity contribution in [3.8, 4) is 0 Å². The topological polar surface area (TPSA) is 162 Å². The van der Waals surface area contributed by atoms with Crippen molar-refractivity contribution >= 4 is 29.5 Å². The lowest BCUT2D eigenvalue weighted by atomic mass is 10.1. The van der Waals surface area contributed by atoms with Gasteiger partial charge < -0.3 is 31.7 Å². The fourth-order valence-electron chi connectivity index (χ4n) is 1.49. The molecule has 0 aliphatic heterocycles. The van der Waals surface area contributed by atoms with Crippen molar-refractivity contribution < 1.29 is 29.7 Å². The number of carboxylic acids is 1. The smallest absolute Gasteiger partial charge is 0.328 e. The minimum absolute atomic E-state index is 0.398. The number of nitrogens with two attached hydrogens (primary N) is 1. The standard InChI is InChI=1S/C12H23N3O6S/c1-6(17)9(11(19)14-8(5-16)12(20)21)15-10(18)7(13)3-4-22-2/h6-9,16-17H,3-5,13H2,1-2H3,(H,14,19)(H,15,18)(H,20,21). The van der Waals surface area contributed by atoms with Gasteiger partial charge in [0.15, 0.2) is 0 Å².